The van der Waals surface area contributed by atoms with Gasteiger partial charge in [-0.1, -0.05) is 37.6 Å². The zero-order valence-electron chi connectivity index (χ0n) is 19.5. The summed E-state index contributed by atoms with van der Waals surface area (Å²) in [5.41, 5.74) is 5.32. The molecule has 0 aromatic heterocycles. The van der Waals surface area contributed by atoms with Gasteiger partial charge in [-0.3, -0.25) is 14.6 Å². The molecule has 2 aromatic carbocycles. The van der Waals surface area contributed by atoms with E-state index in [9.17, 15) is 9.18 Å². The predicted molar refractivity (Wildman–Crippen MR) is 126 cm³/mol. The highest BCUT2D eigenvalue weighted by Gasteiger charge is 2.22. The Hall–Kier alpha value is -2.04. The van der Waals surface area contributed by atoms with E-state index >= 15 is 0 Å². The first-order valence-corrected chi connectivity index (χ1v) is 11.7. The first-order chi connectivity index (χ1) is 14.9. The third kappa shape index (κ3) is 6.47. The highest BCUT2D eigenvalue weighted by atomic mass is 19.1. The number of piperidine rings is 1. The van der Waals surface area contributed by atoms with E-state index < -0.39 is 0 Å². The summed E-state index contributed by atoms with van der Waals surface area (Å²) in [7, 11) is 2.15. The molecular weight excluding hydrogens is 387 g/mol. The fourth-order valence-corrected chi connectivity index (χ4v) is 4.78. The number of nitrogens with zero attached hydrogens (tertiary/aromatic N) is 2. The van der Waals surface area contributed by atoms with Crippen molar-refractivity contribution in [2.75, 3.05) is 20.1 Å². The molecule has 1 saturated heterocycles. The highest BCUT2D eigenvalue weighted by molar-refractivity contribution is 5.77. The van der Waals surface area contributed by atoms with Crippen molar-refractivity contribution >= 4 is 6.29 Å². The molecule has 1 fully saturated rings. The van der Waals surface area contributed by atoms with Gasteiger partial charge in [-0.25, -0.2) is 4.39 Å². The van der Waals surface area contributed by atoms with E-state index in [0.29, 0.717) is 12.0 Å². The Kier molecular flexibility index (Phi) is 8.39. The second-order valence-electron chi connectivity index (χ2n) is 9.32. The SMILES string of the molecule is CCCC(C)N(C)Cc1cc(C2CCN(Cc3cc(C)cc(F)c3)CC2)ccc1C=O. The van der Waals surface area contributed by atoms with Gasteiger partial charge in [-0.2, -0.15) is 0 Å². The van der Waals surface area contributed by atoms with Gasteiger partial charge in [0.25, 0.3) is 0 Å². The Bertz CT molecular complexity index is 853. The lowest BCUT2D eigenvalue weighted by Gasteiger charge is -2.33. The van der Waals surface area contributed by atoms with Gasteiger partial charge in [0.15, 0.2) is 0 Å². The molecule has 0 spiro atoms. The van der Waals surface area contributed by atoms with Crippen molar-refractivity contribution in [3.63, 3.8) is 0 Å². The second kappa shape index (κ2) is 11.0. The van der Waals surface area contributed by atoms with Crippen molar-refractivity contribution in [3.8, 4) is 0 Å². The van der Waals surface area contributed by atoms with Crippen LogP contribution in [0, 0.1) is 12.7 Å². The highest BCUT2D eigenvalue weighted by Crippen LogP contribution is 2.30. The molecule has 0 amide bonds. The quantitative estimate of drug-likeness (QED) is 0.465. The summed E-state index contributed by atoms with van der Waals surface area (Å²) in [6, 6.07) is 12.2. The summed E-state index contributed by atoms with van der Waals surface area (Å²) in [6.45, 7) is 10.0. The third-order valence-corrected chi connectivity index (χ3v) is 6.74. The van der Waals surface area contributed by atoms with Crippen LogP contribution in [0.25, 0.3) is 0 Å². The number of benzene rings is 2. The van der Waals surface area contributed by atoms with Crippen LogP contribution < -0.4 is 0 Å². The van der Waals surface area contributed by atoms with E-state index in [1.54, 1.807) is 12.1 Å². The molecule has 1 unspecified atom stereocenters. The molecule has 168 valence electrons. The van der Waals surface area contributed by atoms with Crippen LogP contribution in [0.5, 0.6) is 0 Å². The van der Waals surface area contributed by atoms with Crippen LogP contribution in [0.4, 0.5) is 4.39 Å². The minimum absolute atomic E-state index is 0.147. The fraction of sp³-hybridized carbons (Fsp3) is 0.519. The first kappa shape index (κ1) is 23.6. The molecule has 0 aliphatic carbocycles. The lowest BCUT2D eigenvalue weighted by Crippen LogP contribution is -2.32. The molecule has 31 heavy (non-hydrogen) atoms. The van der Waals surface area contributed by atoms with E-state index in [4.69, 9.17) is 0 Å². The van der Waals surface area contributed by atoms with E-state index in [1.165, 1.54) is 12.0 Å². The van der Waals surface area contributed by atoms with Crippen molar-refractivity contribution in [3.05, 3.63) is 70.0 Å². The molecule has 0 saturated carbocycles. The fourth-order valence-electron chi connectivity index (χ4n) is 4.78. The van der Waals surface area contributed by atoms with Gasteiger partial charge in [-0.15, -0.1) is 0 Å². The standard InChI is InChI=1S/C27H37FN2O/c1-5-6-21(3)29(4)18-26-16-24(7-8-25(26)19-31)23-9-11-30(12-10-23)17-22-13-20(2)14-27(28)15-22/h7-8,13-16,19,21,23H,5-6,9-12,17-18H2,1-4H3. The summed E-state index contributed by atoms with van der Waals surface area (Å²) in [6.07, 6.45) is 5.50. The van der Waals surface area contributed by atoms with E-state index in [1.807, 2.05) is 13.0 Å². The van der Waals surface area contributed by atoms with E-state index in [0.717, 1.165) is 74.0 Å². The number of likely N-dealkylation sites (tertiary alicyclic amines) is 1. The van der Waals surface area contributed by atoms with E-state index in [-0.39, 0.29) is 5.82 Å². The zero-order chi connectivity index (χ0) is 22.4. The van der Waals surface area contributed by atoms with Gasteiger partial charge in [0.05, 0.1) is 0 Å². The number of halogens is 1. The lowest BCUT2D eigenvalue weighted by molar-refractivity contribution is 0.112. The number of carbonyl (C=O) groups is 1. The van der Waals surface area contributed by atoms with Gasteiger partial charge in [0, 0.05) is 24.7 Å². The van der Waals surface area contributed by atoms with Gasteiger partial charge in [-0.05, 0) is 93.6 Å². The smallest absolute Gasteiger partial charge is 0.150 e. The van der Waals surface area contributed by atoms with Crippen molar-refractivity contribution in [1.29, 1.82) is 0 Å². The van der Waals surface area contributed by atoms with Crippen LogP contribution in [0.2, 0.25) is 0 Å². The van der Waals surface area contributed by atoms with Gasteiger partial charge in [0.2, 0.25) is 0 Å². The summed E-state index contributed by atoms with van der Waals surface area (Å²) in [5, 5.41) is 0. The van der Waals surface area contributed by atoms with Crippen LogP contribution in [0.1, 0.15) is 78.1 Å². The molecule has 2 aromatic rings. The van der Waals surface area contributed by atoms with E-state index in [2.05, 4.69) is 48.9 Å². The van der Waals surface area contributed by atoms with Crippen LogP contribution in [0.15, 0.2) is 36.4 Å². The van der Waals surface area contributed by atoms with Crippen LogP contribution in [-0.2, 0) is 13.1 Å². The van der Waals surface area contributed by atoms with Crippen LogP contribution in [-0.4, -0.2) is 42.3 Å². The Labute approximate surface area is 187 Å². The maximum atomic E-state index is 13.7. The maximum Gasteiger partial charge on any atom is 0.150 e. The van der Waals surface area contributed by atoms with Gasteiger partial charge in [0.1, 0.15) is 12.1 Å². The normalized spacial score (nSPS) is 16.6. The van der Waals surface area contributed by atoms with Crippen LogP contribution >= 0.6 is 0 Å². The first-order valence-electron chi connectivity index (χ1n) is 11.7. The zero-order valence-corrected chi connectivity index (χ0v) is 19.5. The molecule has 4 heteroatoms. The Morgan fingerprint density at radius 3 is 2.58 bits per heavy atom. The average Bonchev–Trinajstić information content (AvgIpc) is 2.73. The summed E-state index contributed by atoms with van der Waals surface area (Å²) >= 11 is 0. The number of aldehydes is 1. The lowest BCUT2D eigenvalue weighted by atomic mass is 9.87. The van der Waals surface area contributed by atoms with Crippen molar-refractivity contribution in [2.45, 2.75) is 71.5 Å². The minimum Gasteiger partial charge on any atom is -0.299 e. The van der Waals surface area contributed by atoms with Crippen molar-refractivity contribution in [1.82, 2.24) is 9.80 Å². The van der Waals surface area contributed by atoms with Crippen molar-refractivity contribution in [2.24, 2.45) is 0 Å². The van der Waals surface area contributed by atoms with Gasteiger partial charge >= 0.3 is 0 Å². The van der Waals surface area contributed by atoms with Crippen molar-refractivity contribution < 1.29 is 9.18 Å². The minimum atomic E-state index is -0.147. The Morgan fingerprint density at radius 2 is 1.94 bits per heavy atom. The molecule has 0 radical (unpaired) electrons. The summed E-state index contributed by atoms with van der Waals surface area (Å²) in [5.74, 6) is 0.370. The topological polar surface area (TPSA) is 23.6 Å². The Balaban J connectivity index is 1.63. The van der Waals surface area contributed by atoms with Gasteiger partial charge < -0.3 is 0 Å². The third-order valence-electron chi connectivity index (χ3n) is 6.74. The molecule has 0 bridgehead atoms. The molecule has 0 N–H and O–H groups in total. The van der Waals surface area contributed by atoms with Crippen LogP contribution in [0.3, 0.4) is 0 Å². The average molecular weight is 425 g/mol. The Morgan fingerprint density at radius 1 is 1.19 bits per heavy atom. The molecular formula is C27H37FN2O. The number of hydrogen-bond acceptors (Lipinski definition) is 3. The summed E-state index contributed by atoms with van der Waals surface area (Å²) in [4.78, 5) is 16.4. The summed E-state index contributed by atoms with van der Waals surface area (Å²) < 4.78 is 13.7. The second-order valence-corrected chi connectivity index (χ2v) is 9.32. The monoisotopic (exact) mass is 424 g/mol. The number of hydrogen-bond donors (Lipinski definition) is 0. The number of carbonyl (C=O) groups excluding carboxylic acids is 1. The number of aryl methyl sites for hydroxylation is 1. The number of rotatable bonds is 9. The molecule has 3 nitrogen and oxygen atoms in total. The predicted octanol–water partition coefficient (Wildman–Crippen LogP) is 5.95. The molecule has 3 rings (SSSR count). The molecule has 1 aliphatic rings. The molecule has 1 heterocycles. The maximum absolute atomic E-state index is 13.7. The molecule has 1 aliphatic heterocycles. The largest absolute Gasteiger partial charge is 0.299 e. The molecule has 1 atom stereocenters.